The Morgan fingerprint density at radius 1 is 1.53 bits per heavy atom. The Kier molecular flexibility index (Phi) is 3.71. The second-order valence-electron chi connectivity index (χ2n) is 4.28. The molecule has 1 atom stereocenters. The molecule has 0 bridgehead atoms. The van der Waals surface area contributed by atoms with E-state index in [1.807, 2.05) is 12.1 Å². The summed E-state index contributed by atoms with van der Waals surface area (Å²) < 4.78 is 11.2. The third-order valence-corrected chi connectivity index (χ3v) is 3.16. The average molecular weight is 264 g/mol. The Morgan fingerprint density at radius 2 is 2.26 bits per heavy atom. The number of oxazole rings is 1. The van der Waals surface area contributed by atoms with Gasteiger partial charge >= 0.3 is 11.7 Å². The zero-order chi connectivity index (χ0) is 14.0. The van der Waals surface area contributed by atoms with Crippen LogP contribution in [0.5, 0.6) is 0 Å². The summed E-state index contributed by atoms with van der Waals surface area (Å²) in [6.45, 7) is 0. The van der Waals surface area contributed by atoms with E-state index in [1.54, 1.807) is 20.2 Å². The number of methoxy groups -OCH3 is 1. The molecule has 0 saturated carbocycles. The number of fused-ring (bicyclic) bond motifs is 1. The first-order chi connectivity index (χ1) is 9.06. The van der Waals surface area contributed by atoms with Crippen molar-refractivity contribution >= 4 is 17.1 Å². The van der Waals surface area contributed by atoms with Crippen molar-refractivity contribution in [2.45, 2.75) is 12.5 Å². The van der Waals surface area contributed by atoms with E-state index < -0.39 is 5.76 Å². The smallest absolute Gasteiger partial charge is 0.419 e. The lowest BCUT2D eigenvalue weighted by molar-refractivity contribution is -0.141. The van der Waals surface area contributed by atoms with Gasteiger partial charge in [-0.15, -0.1) is 0 Å². The van der Waals surface area contributed by atoms with Crippen LogP contribution in [0.4, 0.5) is 0 Å². The molecule has 1 unspecified atom stereocenters. The molecular formula is C13H16N2O4. The van der Waals surface area contributed by atoms with Crippen molar-refractivity contribution in [3.8, 4) is 0 Å². The van der Waals surface area contributed by atoms with E-state index in [-0.39, 0.29) is 18.4 Å². The summed E-state index contributed by atoms with van der Waals surface area (Å²) in [7, 11) is 4.77. The van der Waals surface area contributed by atoms with Crippen molar-refractivity contribution in [1.29, 1.82) is 0 Å². The minimum Gasteiger partial charge on any atom is -0.469 e. The fourth-order valence-electron chi connectivity index (χ4n) is 2.00. The lowest BCUT2D eigenvalue weighted by Crippen LogP contribution is -2.20. The Balaban J connectivity index is 2.40. The number of rotatable bonds is 4. The number of benzene rings is 1. The first-order valence-electron chi connectivity index (χ1n) is 5.90. The molecule has 0 radical (unpaired) electrons. The summed E-state index contributed by atoms with van der Waals surface area (Å²) in [5.74, 6) is -0.693. The standard InChI is InChI=1S/C13H16N2O4/c1-14-9(7-12(16)18-3)8-4-5-11-10(6-8)15(2)13(17)19-11/h4-6,9,14H,7H2,1-3H3. The second kappa shape index (κ2) is 5.27. The summed E-state index contributed by atoms with van der Waals surface area (Å²) in [5, 5.41) is 3.06. The highest BCUT2D eigenvalue weighted by atomic mass is 16.5. The minimum atomic E-state index is -0.402. The van der Waals surface area contributed by atoms with Gasteiger partial charge in [0.05, 0.1) is 19.0 Å². The van der Waals surface area contributed by atoms with Crippen molar-refractivity contribution in [2.24, 2.45) is 7.05 Å². The maximum Gasteiger partial charge on any atom is 0.419 e. The predicted octanol–water partition coefficient (Wildman–Crippen LogP) is 0.955. The number of nitrogens with one attached hydrogen (secondary N) is 1. The molecule has 1 aromatic heterocycles. The van der Waals surface area contributed by atoms with Crippen LogP contribution in [0.2, 0.25) is 0 Å². The van der Waals surface area contributed by atoms with Crippen LogP contribution in [-0.4, -0.2) is 24.7 Å². The highest BCUT2D eigenvalue weighted by Gasteiger charge is 2.16. The van der Waals surface area contributed by atoms with Crippen molar-refractivity contribution in [2.75, 3.05) is 14.2 Å². The van der Waals surface area contributed by atoms with E-state index in [4.69, 9.17) is 4.42 Å². The predicted molar refractivity (Wildman–Crippen MR) is 69.9 cm³/mol. The SMILES string of the molecule is CNC(CC(=O)OC)c1ccc2oc(=O)n(C)c2c1. The van der Waals surface area contributed by atoms with Crippen molar-refractivity contribution in [1.82, 2.24) is 9.88 Å². The Morgan fingerprint density at radius 3 is 2.89 bits per heavy atom. The van der Waals surface area contributed by atoms with Crippen molar-refractivity contribution in [3.05, 3.63) is 34.3 Å². The quantitative estimate of drug-likeness (QED) is 0.832. The number of aryl methyl sites for hydroxylation is 1. The molecule has 0 aliphatic heterocycles. The van der Waals surface area contributed by atoms with E-state index in [0.29, 0.717) is 11.1 Å². The van der Waals surface area contributed by atoms with E-state index >= 15 is 0 Å². The third kappa shape index (κ3) is 2.53. The zero-order valence-electron chi connectivity index (χ0n) is 11.1. The Labute approximate surface area is 110 Å². The summed E-state index contributed by atoms with van der Waals surface area (Å²) in [6, 6.07) is 5.23. The van der Waals surface area contributed by atoms with E-state index in [1.165, 1.54) is 11.7 Å². The number of hydrogen-bond acceptors (Lipinski definition) is 5. The number of esters is 1. The molecule has 0 aliphatic carbocycles. The van der Waals surface area contributed by atoms with Crippen LogP contribution in [0.15, 0.2) is 27.4 Å². The highest BCUT2D eigenvalue weighted by Crippen LogP contribution is 2.21. The number of carbonyl (C=O) groups excluding carboxylic acids is 1. The Hall–Kier alpha value is -2.08. The molecule has 1 aromatic carbocycles. The van der Waals surface area contributed by atoms with E-state index in [2.05, 4.69) is 10.1 Å². The maximum atomic E-state index is 11.4. The van der Waals surface area contributed by atoms with Gasteiger partial charge in [-0.25, -0.2) is 4.79 Å². The van der Waals surface area contributed by atoms with Crippen LogP contribution in [-0.2, 0) is 16.6 Å². The lowest BCUT2D eigenvalue weighted by Gasteiger charge is -2.15. The van der Waals surface area contributed by atoms with Crippen LogP contribution >= 0.6 is 0 Å². The zero-order valence-corrected chi connectivity index (χ0v) is 11.1. The molecule has 0 saturated heterocycles. The molecule has 19 heavy (non-hydrogen) atoms. The van der Waals surface area contributed by atoms with Crippen LogP contribution in [0.25, 0.3) is 11.1 Å². The molecule has 0 amide bonds. The van der Waals surface area contributed by atoms with Gasteiger partial charge in [-0.3, -0.25) is 9.36 Å². The molecular weight excluding hydrogens is 248 g/mol. The summed E-state index contributed by atoms with van der Waals surface area (Å²) in [4.78, 5) is 22.8. The number of carbonyl (C=O) groups is 1. The van der Waals surface area contributed by atoms with Crippen LogP contribution in [0.3, 0.4) is 0 Å². The van der Waals surface area contributed by atoms with Crippen LogP contribution in [0.1, 0.15) is 18.0 Å². The average Bonchev–Trinajstić information content (AvgIpc) is 2.71. The molecule has 1 N–H and O–H groups in total. The molecule has 1 heterocycles. The van der Waals surface area contributed by atoms with Crippen LogP contribution < -0.4 is 11.1 Å². The van der Waals surface area contributed by atoms with Gasteiger partial charge in [0.1, 0.15) is 0 Å². The van der Waals surface area contributed by atoms with Gasteiger partial charge in [0.25, 0.3) is 0 Å². The van der Waals surface area contributed by atoms with Gasteiger partial charge in [0.2, 0.25) is 0 Å². The van der Waals surface area contributed by atoms with Gasteiger partial charge in [-0.1, -0.05) is 6.07 Å². The fourth-order valence-corrected chi connectivity index (χ4v) is 2.00. The molecule has 102 valence electrons. The van der Waals surface area contributed by atoms with Gasteiger partial charge in [-0.05, 0) is 24.7 Å². The molecule has 2 aromatic rings. The number of hydrogen-bond donors (Lipinski definition) is 1. The van der Waals surface area contributed by atoms with Gasteiger partial charge in [-0.2, -0.15) is 0 Å². The molecule has 6 nitrogen and oxygen atoms in total. The largest absolute Gasteiger partial charge is 0.469 e. The van der Waals surface area contributed by atoms with E-state index in [0.717, 1.165) is 5.56 Å². The monoisotopic (exact) mass is 264 g/mol. The first-order valence-corrected chi connectivity index (χ1v) is 5.90. The number of ether oxygens (including phenoxy) is 1. The minimum absolute atomic E-state index is 0.165. The molecule has 0 aliphatic rings. The summed E-state index contributed by atoms with van der Waals surface area (Å²) in [6.07, 6.45) is 0.226. The lowest BCUT2D eigenvalue weighted by atomic mass is 10.0. The van der Waals surface area contributed by atoms with Gasteiger partial charge in [0, 0.05) is 13.1 Å². The number of nitrogens with zero attached hydrogens (tertiary/aromatic N) is 1. The van der Waals surface area contributed by atoms with Crippen molar-refractivity contribution in [3.63, 3.8) is 0 Å². The molecule has 6 heteroatoms. The van der Waals surface area contributed by atoms with Crippen molar-refractivity contribution < 1.29 is 13.9 Å². The third-order valence-electron chi connectivity index (χ3n) is 3.16. The summed E-state index contributed by atoms with van der Waals surface area (Å²) in [5.41, 5.74) is 2.13. The summed E-state index contributed by atoms with van der Waals surface area (Å²) >= 11 is 0. The number of aromatic nitrogens is 1. The van der Waals surface area contributed by atoms with E-state index in [9.17, 15) is 9.59 Å². The molecule has 0 spiro atoms. The second-order valence-corrected chi connectivity index (χ2v) is 4.28. The maximum absolute atomic E-state index is 11.4. The Bertz CT molecular complexity index is 656. The highest BCUT2D eigenvalue weighted by molar-refractivity contribution is 5.75. The molecule has 2 rings (SSSR count). The topological polar surface area (TPSA) is 73.5 Å². The fraction of sp³-hybridized carbons (Fsp3) is 0.385. The molecule has 0 fully saturated rings. The van der Waals surface area contributed by atoms with Crippen LogP contribution in [0, 0.1) is 0 Å². The normalized spacial score (nSPS) is 12.6. The van der Waals surface area contributed by atoms with Gasteiger partial charge in [0.15, 0.2) is 5.58 Å². The first kappa shape index (κ1) is 13.4. The van der Waals surface area contributed by atoms with Gasteiger partial charge < -0.3 is 14.5 Å².